The molecule has 4 heteroatoms. The van der Waals surface area contributed by atoms with E-state index in [0.717, 1.165) is 16.6 Å². The summed E-state index contributed by atoms with van der Waals surface area (Å²) in [6.45, 7) is 4.15. The minimum absolute atomic E-state index is 0.110. The van der Waals surface area contributed by atoms with Gasteiger partial charge in [0.15, 0.2) is 0 Å². The van der Waals surface area contributed by atoms with Gasteiger partial charge in [-0.2, -0.15) is 5.26 Å². The van der Waals surface area contributed by atoms with E-state index < -0.39 is 0 Å². The molecule has 0 spiro atoms. The van der Waals surface area contributed by atoms with E-state index in [-0.39, 0.29) is 12.0 Å². The number of nitrogens with one attached hydrogen (secondary N) is 1. The van der Waals surface area contributed by atoms with Crippen molar-refractivity contribution >= 4 is 11.0 Å². The fourth-order valence-corrected chi connectivity index (χ4v) is 1.67. The Kier molecular flexibility index (Phi) is 2.92. The number of nitrogens with zero attached hydrogens (tertiary/aromatic N) is 2. The zero-order chi connectivity index (χ0) is 12.4. The zero-order valence-corrected chi connectivity index (χ0v) is 9.82. The third kappa shape index (κ3) is 2.18. The molecule has 2 heterocycles. The van der Waals surface area contributed by atoms with E-state index in [2.05, 4.69) is 23.8 Å². The normalized spacial score (nSPS) is 10.7. The number of fused-ring (bicyclic) bond motifs is 1. The summed E-state index contributed by atoms with van der Waals surface area (Å²) in [5.74, 6) is 0.370. The SMILES string of the molecule is CC(C)c1cnc2cc(CC#N)c(=O)[nH]c2c1. The molecule has 0 aliphatic rings. The lowest BCUT2D eigenvalue weighted by molar-refractivity contribution is 0.861. The Bertz CT molecular complexity index is 650. The molecule has 0 unspecified atom stereocenters. The van der Waals surface area contributed by atoms with Crippen molar-refractivity contribution in [3.8, 4) is 6.07 Å². The molecule has 0 radical (unpaired) electrons. The van der Waals surface area contributed by atoms with E-state index in [0.29, 0.717) is 11.5 Å². The van der Waals surface area contributed by atoms with E-state index in [1.807, 2.05) is 18.3 Å². The highest BCUT2D eigenvalue weighted by molar-refractivity contribution is 5.75. The molecule has 17 heavy (non-hydrogen) atoms. The van der Waals surface area contributed by atoms with Crippen LogP contribution < -0.4 is 5.56 Å². The van der Waals surface area contributed by atoms with Gasteiger partial charge < -0.3 is 4.98 Å². The number of rotatable bonds is 2. The molecule has 2 aromatic rings. The van der Waals surface area contributed by atoms with Gasteiger partial charge in [0.25, 0.3) is 5.56 Å². The van der Waals surface area contributed by atoms with Gasteiger partial charge in [-0.05, 0) is 23.6 Å². The Hall–Kier alpha value is -2.15. The van der Waals surface area contributed by atoms with E-state index in [4.69, 9.17) is 5.26 Å². The van der Waals surface area contributed by atoms with Crippen LogP contribution in [0.5, 0.6) is 0 Å². The van der Waals surface area contributed by atoms with Gasteiger partial charge in [-0.15, -0.1) is 0 Å². The summed E-state index contributed by atoms with van der Waals surface area (Å²) in [7, 11) is 0. The van der Waals surface area contributed by atoms with Crippen molar-refractivity contribution in [2.45, 2.75) is 26.2 Å². The second kappa shape index (κ2) is 4.38. The second-order valence-electron chi connectivity index (χ2n) is 4.31. The molecule has 0 saturated carbocycles. The van der Waals surface area contributed by atoms with Crippen molar-refractivity contribution < 1.29 is 0 Å². The van der Waals surface area contributed by atoms with Crippen molar-refractivity contribution in [2.75, 3.05) is 0 Å². The van der Waals surface area contributed by atoms with Gasteiger partial charge in [0.2, 0.25) is 0 Å². The predicted molar refractivity (Wildman–Crippen MR) is 65.8 cm³/mol. The Morgan fingerprint density at radius 2 is 2.24 bits per heavy atom. The maximum absolute atomic E-state index is 11.7. The summed E-state index contributed by atoms with van der Waals surface area (Å²) in [5.41, 5.74) is 2.79. The smallest absolute Gasteiger partial charge is 0.252 e. The molecular weight excluding hydrogens is 214 g/mol. The number of aromatic amines is 1. The maximum Gasteiger partial charge on any atom is 0.252 e. The van der Waals surface area contributed by atoms with Crippen molar-refractivity contribution in [2.24, 2.45) is 0 Å². The van der Waals surface area contributed by atoms with Crippen LogP contribution in [-0.2, 0) is 6.42 Å². The van der Waals surface area contributed by atoms with Crippen LogP contribution in [-0.4, -0.2) is 9.97 Å². The van der Waals surface area contributed by atoms with Crippen molar-refractivity contribution in [1.29, 1.82) is 5.26 Å². The molecular formula is C13H13N3O. The lowest BCUT2D eigenvalue weighted by atomic mass is 10.0. The van der Waals surface area contributed by atoms with Crippen molar-refractivity contribution in [1.82, 2.24) is 9.97 Å². The molecule has 2 rings (SSSR count). The molecule has 1 N–H and O–H groups in total. The predicted octanol–water partition coefficient (Wildman–Crippen LogP) is 2.11. The van der Waals surface area contributed by atoms with E-state index in [1.165, 1.54) is 0 Å². The van der Waals surface area contributed by atoms with Gasteiger partial charge in [-0.25, -0.2) is 0 Å². The van der Waals surface area contributed by atoms with Crippen LogP contribution in [0.15, 0.2) is 23.1 Å². The van der Waals surface area contributed by atoms with Crippen LogP contribution in [0.4, 0.5) is 0 Å². The van der Waals surface area contributed by atoms with Crippen molar-refractivity contribution in [3.63, 3.8) is 0 Å². The molecule has 0 bridgehead atoms. The first kappa shape index (κ1) is 11.3. The quantitative estimate of drug-likeness (QED) is 0.854. The van der Waals surface area contributed by atoms with E-state index >= 15 is 0 Å². The molecule has 0 aromatic carbocycles. The van der Waals surface area contributed by atoms with Crippen LogP contribution in [0.1, 0.15) is 30.9 Å². The van der Waals surface area contributed by atoms with E-state index in [1.54, 1.807) is 6.07 Å². The second-order valence-corrected chi connectivity index (χ2v) is 4.31. The standard InChI is InChI=1S/C13H13N3O/c1-8(2)10-6-12-11(15-7-10)5-9(3-4-14)13(17)16-12/h5-8H,3H2,1-2H3,(H,16,17). The first-order chi connectivity index (χ1) is 8.11. The number of hydrogen-bond donors (Lipinski definition) is 1. The van der Waals surface area contributed by atoms with Crippen LogP contribution in [0.25, 0.3) is 11.0 Å². The average Bonchev–Trinajstić information content (AvgIpc) is 2.29. The molecule has 4 nitrogen and oxygen atoms in total. The molecule has 0 aliphatic carbocycles. The number of pyridine rings is 2. The van der Waals surface area contributed by atoms with Gasteiger partial charge in [-0.1, -0.05) is 13.8 Å². The van der Waals surface area contributed by atoms with E-state index in [9.17, 15) is 4.79 Å². The Balaban J connectivity index is 2.63. The third-order valence-electron chi connectivity index (χ3n) is 2.73. The van der Waals surface area contributed by atoms with Crippen molar-refractivity contribution in [3.05, 3.63) is 39.8 Å². The molecule has 0 saturated heterocycles. The minimum Gasteiger partial charge on any atom is -0.320 e. The maximum atomic E-state index is 11.7. The monoisotopic (exact) mass is 227 g/mol. The first-order valence-electron chi connectivity index (χ1n) is 5.50. The number of aromatic nitrogens is 2. The number of H-pyrrole nitrogens is 1. The Labute approximate surface area is 98.9 Å². The molecule has 0 amide bonds. The molecule has 0 fully saturated rings. The van der Waals surface area contributed by atoms with Crippen LogP contribution in [0.2, 0.25) is 0 Å². The van der Waals surface area contributed by atoms with Gasteiger partial charge in [-0.3, -0.25) is 9.78 Å². The average molecular weight is 227 g/mol. The lowest BCUT2D eigenvalue weighted by Gasteiger charge is -2.06. The fraction of sp³-hybridized carbons (Fsp3) is 0.308. The van der Waals surface area contributed by atoms with Gasteiger partial charge >= 0.3 is 0 Å². The van der Waals surface area contributed by atoms with Gasteiger partial charge in [0.1, 0.15) is 0 Å². The van der Waals surface area contributed by atoms with Crippen LogP contribution in [0, 0.1) is 11.3 Å². The molecule has 0 atom stereocenters. The largest absolute Gasteiger partial charge is 0.320 e. The topological polar surface area (TPSA) is 69.5 Å². The zero-order valence-electron chi connectivity index (χ0n) is 9.82. The molecule has 0 aliphatic heterocycles. The van der Waals surface area contributed by atoms with Crippen LogP contribution >= 0.6 is 0 Å². The summed E-state index contributed by atoms with van der Waals surface area (Å²) in [5, 5.41) is 8.61. The highest BCUT2D eigenvalue weighted by Gasteiger charge is 2.06. The van der Waals surface area contributed by atoms with Crippen LogP contribution in [0.3, 0.4) is 0 Å². The summed E-state index contributed by atoms with van der Waals surface area (Å²) < 4.78 is 0. The lowest BCUT2D eigenvalue weighted by Crippen LogP contribution is -2.12. The highest BCUT2D eigenvalue weighted by Crippen LogP contribution is 2.17. The fourth-order valence-electron chi connectivity index (χ4n) is 1.67. The summed E-state index contributed by atoms with van der Waals surface area (Å²) in [6, 6.07) is 5.59. The highest BCUT2D eigenvalue weighted by atomic mass is 16.1. The van der Waals surface area contributed by atoms with Gasteiger partial charge in [0.05, 0.1) is 23.5 Å². The summed E-state index contributed by atoms with van der Waals surface area (Å²) >= 11 is 0. The number of hydrogen-bond acceptors (Lipinski definition) is 3. The summed E-state index contributed by atoms with van der Waals surface area (Å²) in [6.07, 6.45) is 1.92. The third-order valence-corrected chi connectivity index (χ3v) is 2.73. The van der Waals surface area contributed by atoms with Gasteiger partial charge in [0, 0.05) is 11.8 Å². The Morgan fingerprint density at radius 3 is 2.88 bits per heavy atom. The minimum atomic E-state index is -0.207. The molecule has 86 valence electrons. The number of nitriles is 1. The first-order valence-corrected chi connectivity index (χ1v) is 5.50. The Morgan fingerprint density at radius 1 is 1.47 bits per heavy atom. The molecule has 2 aromatic heterocycles. The summed E-state index contributed by atoms with van der Waals surface area (Å²) in [4.78, 5) is 18.7.